The van der Waals surface area contributed by atoms with Gasteiger partial charge in [0.25, 0.3) is 6.08 Å². The second-order valence-electron chi connectivity index (χ2n) is 7.16. The van der Waals surface area contributed by atoms with Crippen molar-refractivity contribution >= 4 is 5.91 Å². The van der Waals surface area contributed by atoms with E-state index in [1.807, 2.05) is 91.0 Å². The molecular formula is C25H22FN3O. The van der Waals surface area contributed by atoms with Gasteiger partial charge < -0.3 is 10.7 Å². The number of aromatic amines is 1. The number of rotatable bonds is 7. The highest BCUT2D eigenvalue weighted by atomic mass is 19.1. The number of aryl methyl sites for hydroxylation is 1. The third-order valence-corrected chi connectivity index (χ3v) is 5.35. The van der Waals surface area contributed by atoms with E-state index in [1.165, 1.54) is 0 Å². The van der Waals surface area contributed by atoms with Crippen molar-refractivity contribution in [1.29, 1.82) is 0 Å². The number of H-pyrrole nitrogens is 1. The number of hydrogen-bond acceptors (Lipinski definition) is 2. The van der Waals surface area contributed by atoms with Gasteiger partial charge in [0.15, 0.2) is 0 Å². The molecule has 0 aliphatic carbocycles. The molecule has 0 aliphatic heterocycles. The quantitative estimate of drug-likeness (QED) is 0.454. The number of nitrogens with two attached hydrogens (primary N) is 1. The Kier molecular flexibility index (Phi) is 5.44. The Morgan fingerprint density at radius 1 is 0.833 bits per heavy atom. The monoisotopic (exact) mass is 399 g/mol. The lowest BCUT2D eigenvalue weighted by molar-refractivity contribution is -0.118. The fourth-order valence-corrected chi connectivity index (χ4v) is 4.11. The van der Waals surface area contributed by atoms with E-state index in [-0.39, 0.29) is 12.8 Å². The van der Waals surface area contributed by atoms with Crippen LogP contribution in [0.3, 0.4) is 0 Å². The van der Waals surface area contributed by atoms with Gasteiger partial charge in [0.05, 0.1) is 16.8 Å². The number of nitrogens with zero attached hydrogens (tertiary/aromatic N) is 1. The van der Waals surface area contributed by atoms with Gasteiger partial charge in [-0.1, -0.05) is 91.0 Å². The molecule has 1 heterocycles. The number of hydrogen-bond donors (Lipinski definition) is 2. The van der Waals surface area contributed by atoms with Crippen LogP contribution in [-0.2, 0) is 16.6 Å². The molecule has 4 rings (SSSR count). The largest absolute Gasteiger partial charge is 0.370 e. The van der Waals surface area contributed by atoms with Crippen molar-refractivity contribution in [3.8, 4) is 0 Å². The van der Waals surface area contributed by atoms with Crippen LogP contribution in [0.5, 0.6) is 0 Å². The van der Waals surface area contributed by atoms with Crippen molar-refractivity contribution in [3.05, 3.63) is 125 Å². The zero-order chi connectivity index (χ0) is 21.0. The van der Waals surface area contributed by atoms with Gasteiger partial charge in [0.2, 0.25) is 5.91 Å². The molecule has 30 heavy (non-hydrogen) atoms. The fraction of sp³-hybridized carbons (Fsp3) is 0.120. The minimum absolute atomic E-state index is 0.0890. The lowest BCUT2D eigenvalue weighted by atomic mass is 9.66. The van der Waals surface area contributed by atoms with Gasteiger partial charge in [0, 0.05) is 12.8 Å². The van der Waals surface area contributed by atoms with Gasteiger partial charge in [-0.3, -0.25) is 4.79 Å². The summed E-state index contributed by atoms with van der Waals surface area (Å²) >= 11 is 0. The highest BCUT2D eigenvalue weighted by Gasteiger charge is 2.42. The maximum atomic E-state index is 14.5. The number of imidazole rings is 1. The van der Waals surface area contributed by atoms with Crippen molar-refractivity contribution in [3.63, 3.8) is 0 Å². The second-order valence-corrected chi connectivity index (χ2v) is 7.16. The number of carbonyl (C=O) groups excluding carboxylic acids is 1. The number of amides is 1. The van der Waals surface area contributed by atoms with E-state index in [9.17, 15) is 9.18 Å². The van der Waals surface area contributed by atoms with Crippen LogP contribution in [0.25, 0.3) is 0 Å². The molecular weight excluding hydrogens is 377 g/mol. The summed E-state index contributed by atoms with van der Waals surface area (Å²) in [6.45, 7) is 0. The van der Waals surface area contributed by atoms with Crippen LogP contribution >= 0.6 is 0 Å². The number of nitrogens with one attached hydrogen (secondary N) is 1. The normalized spacial score (nSPS) is 11.4. The van der Waals surface area contributed by atoms with E-state index < -0.39 is 17.4 Å². The Hall–Kier alpha value is -3.73. The lowest BCUT2D eigenvalue weighted by Gasteiger charge is -2.36. The van der Waals surface area contributed by atoms with Crippen LogP contribution in [0.4, 0.5) is 4.39 Å². The summed E-state index contributed by atoms with van der Waals surface area (Å²) < 4.78 is 14.5. The van der Waals surface area contributed by atoms with Gasteiger partial charge in [-0.2, -0.15) is 4.39 Å². The zero-order valence-corrected chi connectivity index (χ0v) is 16.4. The van der Waals surface area contributed by atoms with Crippen LogP contribution in [0.15, 0.2) is 91.0 Å². The SMILES string of the molecule is NC(=O)CCc1nc(F)[nH]c1C(c1ccccc1)(c1ccccc1)c1ccccc1. The molecule has 0 radical (unpaired) electrons. The molecule has 3 N–H and O–H groups in total. The highest BCUT2D eigenvalue weighted by Crippen LogP contribution is 2.45. The summed E-state index contributed by atoms with van der Waals surface area (Å²) in [6, 6.07) is 29.8. The van der Waals surface area contributed by atoms with Crippen molar-refractivity contribution in [1.82, 2.24) is 9.97 Å². The van der Waals surface area contributed by atoms with Crippen molar-refractivity contribution in [2.75, 3.05) is 0 Å². The van der Waals surface area contributed by atoms with Crippen LogP contribution in [0, 0.1) is 6.08 Å². The molecule has 0 bridgehead atoms. The standard InChI is InChI=1S/C25H22FN3O/c26-24-28-21(16-17-22(27)30)23(29-24)25(18-10-4-1-5-11-18,19-12-6-2-7-13-19)20-14-8-3-9-15-20/h1-15H,16-17H2,(H2,27,30)(H,28,29). The first-order valence-corrected chi connectivity index (χ1v) is 9.82. The van der Waals surface area contributed by atoms with E-state index in [0.29, 0.717) is 11.4 Å². The molecule has 0 atom stereocenters. The molecule has 4 nitrogen and oxygen atoms in total. The molecule has 0 unspecified atom stereocenters. The second kappa shape index (κ2) is 8.33. The predicted molar refractivity (Wildman–Crippen MR) is 114 cm³/mol. The van der Waals surface area contributed by atoms with Crippen LogP contribution < -0.4 is 5.73 Å². The molecule has 0 fully saturated rings. The van der Waals surface area contributed by atoms with Gasteiger partial charge >= 0.3 is 0 Å². The average Bonchev–Trinajstić information content (AvgIpc) is 3.16. The van der Waals surface area contributed by atoms with E-state index in [4.69, 9.17) is 5.73 Å². The number of halogens is 1. The number of benzene rings is 3. The molecule has 1 aromatic heterocycles. The maximum absolute atomic E-state index is 14.5. The van der Waals surface area contributed by atoms with Crippen molar-refractivity contribution < 1.29 is 9.18 Å². The van der Waals surface area contributed by atoms with Crippen LogP contribution in [0.2, 0.25) is 0 Å². The highest BCUT2D eigenvalue weighted by molar-refractivity contribution is 5.74. The Morgan fingerprint density at radius 2 is 1.27 bits per heavy atom. The van der Waals surface area contributed by atoms with Gasteiger partial charge in [-0.25, -0.2) is 4.98 Å². The van der Waals surface area contributed by atoms with E-state index >= 15 is 0 Å². The summed E-state index contributed by atoms with van der Waals surface area (Å²) in [5.74, 6) is -0.450. The molecule has 5 heteroatoms. The van der Waals surface area contributed by atoms with Crippen molar-refractivity contribution in [2.24, 2.45) is 5.73 Å². The topological polar surface area (TPSA) is 71.8 Å². The molecule has 4 aromatic rings. The van der Waals surface area contributed by atoms with Gasteiger partial charge in [0.1, 0.15) is 0 Å². The maximum Gasteiger partial charge on any atom is 0.287 e. The van der Waals surface area contributed by atoms with Crippen molar-refractivity contribution in [2.45, 2.75) is 18.3 Å². The van der Waals surface area contributed by atoms with Crippen LogP contribution in [0.1, 0.15) is 34.5 Å². The molecule has 0 saturated heterocycles. The summed E-state index contributed by atoms with van der Waals surface area (Å²) in [7, 11) is 0. The van der Waals surface area contributed by atoms with Crippen LogP contribution in [-0.4, -0.2) is 15.9 Å². The molecule has 150 valence electrons. The first-order chi connectivity index (χ1) is 14.6. The minimum atomic E-state index is -0.839. The molecule has 0 spiro atoms. The third kappa shape index (κ3) is 3.50. The summed E-state index contributed by atoms with van der Waals surface area (Å²) in [5, 5.41) is 0. The Bertz CT molecular complexity index is 1030. The fourth-order valence-electron chi connectivity index (χ4n) is 4.11. The smallest absolute Gasteiger partial charge is 0.287 e. The van der Waals surface area contributed by atoms with E-state index in [2.05, 4.69) is 9.97 Å². The molecule has 0 saturated carbocycles. The Labute approximate surface area is 174 Å². The molecule has 1 amide bonds. The predicted octanol–water partition coefficient (Wildman–Crippen LogP) is 4.35. The molecule has 3 aromatic carbocycles. The Morgan fingerprint density at radius 3 is 1.67 bits per heavy atom. The average molecular weight is 399 g/mol. The van der Waals surface area contributed by atoms with E-state index in [1.54, 1.807) is 0 Å². The van der Waals surface area contributed by atoms with E-state index in [0.717, 1.165) is 16.7 Å². The van der Waals surface area contributed by atoms with Gasteiger partial charge in [-0.05, 0) is 16.7 Å². The number of carbonyl (C=O) groups is 1. The minimum Gasteiger partial charge on any atom is -0.370 e. The lowest BCUT2D eigenvalue weighted by Crippen LogP contribution is -2.32. The first-order valence-electron chi connectivity index (χ1n) is 9.82. The summed E-state index contributed by atoms with van der Waals surface area (Å²) in [4.78, 5) is 18.4. The zero-order valence-electron chi connectivity index (χ0n) is 16.4. The molecule has 0 aliphatic rings. The summed E-state index contributed by atoms with van der Waals surface area (Å²) in [5.41, 5.74) is 8.51. The third-order valence-electron chi connectivity index (χ3n) is 5.35. The number of primary amides is 1. The first kappa shape index (κ1) is 19.6. The number of aromatic nitrogens is 2. The van der Waals surface area contributed by atoms with Gasteiger partial charge in [-0.15, -0.1) is 0 Å². The summed E-state index contributed by atoms with van der Waals surface area (Å²) in [6.07, 6.45) is -0.345. The Balaban J connectivity index is 2.08.